The smallest absolute Gasteiger partial charge is 0.137 e. The normalized spacial score (nSPS) is 18.2. The third-order valence-corrected chi connectivity index (χ3v) is 5.32. The summed E-state index contributed by atoms with van der Waals surface area (Å²) in [6.07, 6.45) is 7.45. The van der Waals surface area contributed by atoms with Gasteiger partial charge in [-0.25, -0.2) is 4.98 Å². The third-order valence-electron chi connectivity index (χ3n) is 5.32. The van der Waals surface area contributed by atoms with E-state index in [1.807, 2.05) is 30.5 Å². The number of nitrogens with two attached hydrogens (primary N) is 2. The molecule has 0 fully saturated rings. The Bertz CT molecular complexity index is 902. The first-order valence-electron chi connectivity index (χ1n) is 9.24. The van der Waals surface area contributed by atoms with E-state index in [9.17, 15) is 0 Å². The topological polar surface area (TPSA) is 85.5 Å². The van der Waals surface area contributed by atoms with Gasteiger partial charge in [-0.1, -0.05) is 12.1 Å². The maximum absolute atomic E-state index is 6.15. The second-order valence-corrected chi connectivity index (χ2v) is 7.12. The first-order chi connectivity index (χ1) is 12.7. The molecule has 4 N–H and O–H groups in total. The van der Waals surface area contributed by atoms with Crippen molar-refractivity contribution in [3.05, 3.63) is 65.4 Å². The van der Waals surface area contributed by atoms with Gasteiger partial charge in [0.15, 0.2) is 0 Å². The van der Waals surface area contributed by atoms with Crippen molar-refractivity contribution < 1.29 is 0 Å². The highest BCUT2D eigenvalue weighted by molar-refractivity contribution is 5.42. The van der Waals surface area contributed by atoms with Crippen LogP contribution in [0, 0.1) is 0 Å². The van der Waals surface area contributed by atoms with E-state index in [-0.39, 0.29) is 6.04 Å². The number of aromatic nitrogens is 3. The quantitative estimate of drug-likeness (QED) is 0.737. The lowest BCUT2D eigenvalue weighted by atomic mass is 9.91. The molecule has 0 aliphatic heterocycles. The van der Waals surface area contributed by atoms with Crippen molar-refractivity contribution in [2.24, 2.45) is 11.5 Å². The van der Waals surface area contributed by atoms with Gasteiger partial charge in [0, 0.05) is 31.2 Å². The molecule has 3 heterocycles. The van der Waals surface area contributed by atoms with E-state index in [0.29, 0.717) is 12.6 Å². The first-order valence-corrected chi connectivity index (χ1v) is 9.24. The summed E-state index contributed by atoms with van der Waals surface area (Å²) >= 11 is 0. The van der Waals surface area contributed by atoms with Gasteiger partial charge in [-0.15, -0.1) is 0 Å². The molecule has 0 saturated heterocycles. The molecule has 1 aliphatic carbocycles. The Morgan fingerprint density at radius 2 is 2.19 bits per heavy atom. The lowest BCUT2D eigenvalue weighted by molar-refractivity contribution is 0.206. The average molecular weight is 350 g/mol. The molecule has 0 spiro atoms. The van der Waals surface area contributed by atoms with Gasteiger partial charge in [0.05, 0.1) is 23.5 Å². The van der Waals surface area contributed by atoms with Crippen molar-refractivity contribution in [2.75, 3.05) is 13.6 Å². The van der Waals surface area contributed by atoms with E-state index in [1.54, 1.807) is 0 Å². The number of imidazole rings is 1. The standard InChI is InChI=1S/C20H26N6/c1-25(18-8-2-5-14-6-4-10-23-20(14)18)12-15-13-26-17(16(22)11-21)7-3-9-19(26)24-15/h3-4,6-7,9-10,13,16,18H,2,5,8,11-12,21-22H2,1H3/t16?,18-/m0/s1. The molecule has 3 aromatic heterocycles. The lowest BCUT2D eigenvalue weighted by Gasteiger charge is -2.31. The van der Waals surface area contributed by atoms with E-state index < -0.39 is 0 Å². The van der Waals surface area contributed by atoms with Gasteiger partial charge in [-0.3, -0.25) is 9.88 Å². The molecule has 4 rings (SSSR count). The predicted octanol–water partition coefficient (Wildman–Crippen LogP) is 2.20. The van der Waals surface area contributed by atoms with Crippen molar-refractivity contribution in [2.45, 2.75) is 37.9 Å². The Labute approximate surface area is 153 Å². The van der Waals surface area contributed by atoms with E-state index >= 15 is 0 Å². The Balaban J connectivity index is 1.60. The van der Waals surface area contributed by atoms with E-state index in [0.717, 1.165) is 36.4 Å². The highest BCUT2D eigenvalue weighted by atomic mass is 15.2. The van der Waals surface area contributed by atoms with E-state index in [1.165, 1.54) is 17.7 Å². The lowest BCUT2D eigenvalue weighted by Crippen LogP contribution is -2.28. The minimum absolute atomic E-state index is 0.187. The van der Waals surface area contributed by atoms with Crippen molar-refractivity contribution >= 4 is 5.65 Å². The summed E-state index contributed by atoms with van der Waals surface area (Å²) < 4.78 is 2.06. The molecule has 136 valence electrons. The molecular formula is C20H26N6. The Hall–Kier alpha value is -2.28. The maximum atomic E-state index is 6.15. The molecule has 0 aromatic carbocycles. The first kappa shape index (κ1) is 17.1. The van der Waals surface area contributed by atoms with Crippen molar-refractivity contribution in [3.63, 3.8) is 0 Å². The van der Waals surface area contributed by atoms with Crippen LogP contribution in [0.3, 0.4) is 0 Å². The van der Waals surface area contributed by atoms with Crippen LogP contribution in [0.25, 0.3) is 5.65 Å². The summed E-state index contributed by atoms with van der Waals surface area (Å²) in [5, 5.41) is 0. The van der Waals surface area contributed by atoms with Gasteiger partial charge >= 0.3 is 0 Å². The average Bonchev–Trinajstić information content (AvgIpc) is 3.09. The number of aryl methyl sites for hydroxylation is 1. The molecule has 1 unspecified atom stereocenters. The van der Waals surface area contributed by atoms with Gasteiger partial charge in [0.25, 0.3) is 0 Å². The second-order valence-electron chi connectivity index (χ2n) is 7.12. The van der Waals surface area contributed by atoms with Gasteiger partial charge in [0.2, 0.25) is 0 Å². The molecule has 6 nitrogen and oxygen atoms in total. The molecule has 6 heteroatoms. The number of nitrogens with zero attached hydrogens (tertiary/aromatic N) is 4. The van der Waals surface area contributed by atoms with Gasteiger partial charge < -0.3 is 15.9 Å². The maximum Gasteiger partial charge on any atom is 0.137 e. The summed E-state index contributed by atoms with van der Waals surface area (Å²) in [4.78, 5) is 11.8. The summed E-state index contributed by atoms with van der Waals surface area (Å²) in [6, 6.07) is 10.4. The van der Waals surface area contributed by atoms with Crippen LogP contribution >= 0.6 is 0 Å². The minimum atomic E-state index is -0.187. The van der Waals surface area contributed by atoms with Crippen LogP contribution in [0.5, 0.6) is 0 Å². The summed E-state index contributed by atoms with van der Waals surface area (Å²) in [5.74, 6) is 0. The zero-order valence-electron chi connectivity index (χ0n) is 15.2. The second kappa shape index (κ2) is 7.15. The fraction of sp³-hybridized carbons (Fsp3) is 0.400. The van der Waals surface area contributed by atoms with Crippen LogP contribution in [0.4, 0.5) is 0 Å². The summed E-state index contributed by atoms with van der Waals surface area (Å²) in [6.45, 7) is 1.19. The molecule has 3 aromatic rings. The molecule has 26 heavy (non-hydrogen) atoms. The monoisotopic (exact) mass is 350 g/mol. The van der Waals surface area contributed by atoms with Gasteiger partial charge in [0.1, 0.15) is 5.65 Å². The Morgan fingerprint density at radius 1 is 1.31 bits per heavy atom. The van der Waals surface area contributed by atoms with Crippen LogP contribution in [0.1, 0.15) is 47.6 Å². The molecule has 1 aliphatic rings. The number of hydrogen-bond acceptors (Lipinski definition) is 5. The van der Waals surface area contributed by atoms with Crippen LogP contribution in [0.15, 0.2) is 42.7 Å². The van der Waals surface area contributed by atoms with E-state index in [4.69, 9.17) is 16.5 Å². The number of pyridine rings is 2. The van der Waals surface area contributed by atoms with Gasteiger partial charge in [-0.2, -0.15) is 0 Å². The third kappa shape index (κ3) is 3.11. The van der Waals surface area contributed by atoms with Crippen molar-refractivity contribution in [1.29, 1.82) is 0 Å². The number of hydrogen-bond donors (Lipinski definition) is 2. The highest BCUT2D eigenvalue weighted by Gasteiger charge is 2.25. The summed E-state index contributed by atoms with van der Waals surface area (Å²) in [5.41, 5.74) is 17.4. The molecule has 0 radical (unpaired) electrons. The van der Waals surface area contributed by atoms with Crippen molar-refractivity contribution in [1.82, 2.24) is 19.3 Å². The minimum Gasteiger partial charge on any atom is -0.329 e. The van der Waals surface area contributed by atoms with Crippen LogP contribution in [0.2, 0.25) is 0 Å². The molecule has 0 bridgehead atoms. The van der Waals surface area contributed by atoms with Crippen molar-refractivity contribution in [3.8, 4) is 0 Å². The molecule has 2 atom stereocenters. The molecule has 0 amide bonds. The van der Waals surface area contributed by atoms with E-state index in [2.05, 4.69) is 33.6 Å². The Kier molecular flexibility index (Phi) is 4.72. The summed E-state index contributed by atoms with van der Waals surface area (Å²) in [7, 11) is 2.16. The Morgan fingerprint density at radius 3 is 3.04 bits per heavy atom. The zero-order chi connectivity index (χ0) is 18.1. The van der Waals surface area contributed by atoms with Crippen LogP contribution in [-0.2, 0) is 13.0 Å². The predicted molar refractivity (Wildman–Crippen MR) is 103 cm³/mol. The fourth-order valence-electron chi connectivity index (χ4n) is 3.96. The SMILES string of the molecule is CN(Cc1cn2c(C(N)CN)cccc2n1)[C@H]1CCCc2cccnc21. The zero-order valence-corrected chi connectivity index (χ0v) is 15.2. The highest BCUT2D eigenvalue weighted by Crippen LogP contribution is 2.32. The number of rotatable bonds is 5. The molecule has 0 saturated carbocycles. The fourth-order valence-corrected chi connectivity index (χ4v) is 3.96. The van der Waals surface area contributed by atoms with Crippen LogP contribution < -0.4 is 11.5 Å². The molecular weight excluding hydrogens is 324 g/mol. The largest absolute Gasteiger partial charge is 0.329 e. The van der Waals surface area contributed by atoms with Gasteiger partial charge in [-0.05, 0) is 50.1 Å². The van der Waals surface area contributed by atoms with Crippen LogP contribution in [-0.4, -0.2) is 32.9 Å². The number of fused-ring (bicyclic) bond motifs is 2.